The summed E-state index contributed by atoms with van der Waals surface area (Å²) in [5, 5.41) is 3.98. The zero-order valence-electron chi connectivity index (χ0n) is 20.0. The van der Waals surface area contributed by atoms with Crippen molar-refractivity contribution < 1.29 is 23.8 Å². The summed E-state index contributed by atoms with van der Waals surface area (Å²) in [6.07, 6.45) is 1.46. The Morgan fingerprint density at radius 2 is 1.80 bits per heavy atom. The van der Waals surface area contributed by atoms with Crippen molar-refractivity contribution in [3.8, 4) is 17.2 Å². The normalized spacial score (nSPS) is 10.9. The molecule has 7 nitrogen and oxygen atoms in total. The first-order valence-corrected chi connectivity index (χ1v) is 11.8. The van der Waals surface area contributed by atoms with Crippen molar-refractivity contribution in [2.45, 2.75) is 26.7 Å². The zero-order chi connectivity index (χ0) is 25.4. The molecule has 1 N–H and O–H groups in total. The van der Waals surface area contributed by atoms with Gasteiger partial charge in [-0.05, 0) is 81.9 Å². The van der Waals surface area contributed by atoms with E-state index in [2.05, 4.69) is 40.3 Å². The molecule has 3 aromatic rings. The number of nitrogens with one attached hydrogen (secondary N) is 1. The highest BCUT2D eigenvalue weighted by molar-refractivity contribution is 9.10. The van der Waals surface area contributed by atoms with Crippen LogP contribution in [0.4, 0.5) is 0 Å². The number of hydrogen-bond acceptors (Lipinski definition) is 6. The Labute approximate surface area is 213 Å². The van der Waals surface area contributed by atoms with Gasteiger partial charge in [-0.3, -0.25) is 4.79 Å². The van der Waals surface area contributed by atoms with E-state index in [0.717, 1.165) is 11.1 Å². The maximum atomic E-state index is 12.5. The van der Waals surface area contributed by atoms with E-state index in [0.29, 0.717) is 27.1 Å². The number of esters is 1. The molecule has 0 unspecified atom stereocenters. The molecular formula is C27H27BrN2O5. The number of aryl methyl sites for hydroxylation is 1. The van der Waals surface area contributed by atoms with Crippen LogP contribution >= 0.6 is 15.9 Å². The molecule has 0 saturated carbocycles. The van der Waals surface area contributed by atoms with Crippen LogP contribution in [0.3, 0.4) is 0 Å². The minimum atomic E-state index is -0.515. The second kappa shape index (κ2) is 12.2. The van der Waals surface area contributed by atoms with Crippen molar-refractivity contribution in [2.75, 3.05) is 13.7 Å². The molecule has 3 rings (SSSR count). The van der Waals surface area contributed by atoms with Crippen molar-refractivity contribution in [3.05, 3.63) is 87.4 Å². The van der Waals surface area contributed by atoms with Crippen LogP contribution in [0.2, 0.25) is 0 Å². The Morgan fingerprint density at radius 1 is 1.03 bits per heavy atom. The fraction of sp³-hybridized carbons (Fsp3) is 0.222. The number of nitrogens with zero attached hydrogens (tertiary/aromatic N) is 1. The lowest BCUT2D eigenvalue weighted by atomic mass is 10.0. The van der Waals surface area contributed by atoms with Crippen LogP contribution < -0.4 is 19.6 Å². The first-order chi connectivity index (χ1) is 16.8. The molecule has 8 heteroatoms. The van der Waals surface area contributed by atoms with Gasteiger partial charge < -0.3 is 14.2 Å². The molecule has 0 aliphatic heterocycles. The molecule has 35 heavy (non-hydrogen) atoms. The van der Waals surface area contributed by atoms with Crippen molar-refractivity contribution in [3.63, 3.8) is 0 Å². The Morgan fingerprint density at radius 3 is 2.51 bits per heavy atom. The van der Waals surface area contributed by atoms with E-state index in [4.69, 9.17) is 14.2 Å². The zero-order valence-corrected chi connectivity index (χ0v) is 21.6. The van der Waals surface area contributed by atoms with Gasteiger partial charge in [-0.1, -0.05) is 38.1 Å². The molecule has 0 radical (unpaired) electrons. The second-order valence-electron chi connectivity index (χ2n) is 8.06. The van der Waals surface area contributed by atoms with Crippen molar-refractivity contribution >= 4 is 34.0 Å². The molecule has 0 atom stereocenters. The van der Waals surface area contributed by atoms with E-state index in [1.54, 1.807) is 36.4 Å². The standard InChI is InChI=1S/C27H27BrN2O5/c1-17(2)20-11-9-18(3)13-24(20)34-16-26(31)30-29-15-19-10-12-23(25(14-19)33-4)35-27(32)21-7-5-6-8-22(21)28/h5-15,17H,16H2,1-4H3,(H,30,31)/b29-15-. The van der Waals surface area contributed by atoms with Gasteiger partial charge in [-0.2, -0.15) is 5.10 Å². The number of hydrazone groups is 1. The van der Waals surface area contributed by atoms with E-state index in [9.17, 15) is 9.59 Å². The smallest absolute Gasteiger partial charge is 0.344 e. The number of ether oxygens (including phenoxy) is 3. The van der Waals surface area contributed by atoms with Gasteiger partial charge in [-0.25, -0.2) is 10.2 Å². The van der Waals surface area contributed by atoms with E-state index in [1.165, 1.54) is 13.3 Å². The summed E-state index contributed by atoms with van der Waals surface area (Å²) in [4.78, 5) is 24.7. The van der Waals surface area contributed by atoms with E-state index < -0.39 is 5.97 Å². The lowest BCUT2D eigenvalue weighted by Crippen LogP contribution is -2.25. The lowest BCUT2D eigenvalue weighted by molar-refractivity contribution is -0.123. The minimum Gasteiger partial charge on any atom is -0.493 e. The van der Waals surface area contributed by atoms with Gasteiger partial charge >= 0.3 is 5.97 Å². The largest absolute Gasteiger partial charge is 0.493 e. The van der Waals surface area contributed by atoms with E-state index >= 15 is 0 Å². The summed E-state index contributed by atoms with van der Waals surface area (Å²) in [6.45, 7) is 5.96. The highest BCUT2D eigenvalue weighted by Crippen LogP contribution is 2.29. The highest BCUT2D eigenvalue weighted by Gasteiger charge is 2.15. The van der Waals surface area contributed by atoms with Gasteiger partial charge in [0.25, 0.3) is 5.91 Å². The van der Waals surface area contributed by atoms with Gasteiger partial charge in [0.2, 0.25) is 0 Å². The van der Waals surface area contributed by atoms with Gasteiger partial charge in [0.15, 0.2) is 18.1 Å². The van der Waals surface area contributed by atoms with E-state index in [1.807, 2.05) is 31.2 Å². The van der Waals surface area contributed by atoms with Crippen LogP contribution in [0.5, 0.6) is 17.2 Å². The average Bonchev–Trinajstić information content (AvgIpc) is 2.83. The summed E-state index contributed by atoms with van der Waals surface area (Å²) >= 11 is 3.34. The maximum absolute atomic E-state index is 12.5. The summed E-state index contributed by atoms with van der Waals surface area (Å²) in [5.74, 6) is 0.684. The highest BCUT2D eigenvalue weighted by atomic mass is 79.9. The third kappa shape index (κ3) is 7.16. The molecular weight excluding hydrogens is 512 g/mol. The quantitative estimate of drug-likeness (QED) is 0.165. The predicted octanol–water partition coefficient (Wildman–Crippen LogP) is 5.64. The van der Waals surface area contributed by atoms with Crippen LogP contribution in [-0.2, 0) is 4.79 Å². The summed E-state index contributed by atoms with van der Waals surface area (Å²) in [6, 6.07) is 17.9. The number of carbonyl (C=O) groups is 2. The molecule has 1 amide bonds. The molecule has 0 aliphatic carbocycles. The minimum absolute atomic E-state index is 0.159. The second-order valence-corrected chi connectivity index (χ2v) is 8.91. The first-order valence-electron chi connectivity index (χ1n) is 11.0. The van der Waals surface area contributed by atoms with Gasteiger partial charge in [-0.15, -0.1) is 0 Å². The topological polar surface area (TPSA) is 86.2 Å². The summed E-state index contributed by atoms with van der Waals surface area (Å²) < 4.78 is 17.2. The molecule has 0 saturated heterocycles. The number of hydrogen-bond donors (Lipinski definition) is 1. The predicted molar refractivity (Wildman–Crippen MR) is 139 cm³/mol. The van der Waals surface area contributed by atoms with Crippen LogP contribution in [0.1, 0.15) is 46.8 Å². The number of halogens is 1. The Kier molecular flexibility index (Phi) is 9.03. The summed E-state index contributed by atoms with van der Waals surface area (Å²) in [5.41, 5.74) is 5.59. The van der Waals surface area contributed by atoms with Crippen LogP contribution in [-0.4, -0.2) is 31.8 Å². The lowest BCUT2D eigenvalue weighted by Gasteiger charge is -2.14. The van der Waals surface area contributed by atoms with E-state index in [-0.39, 0.29) is 24.2 Å². The number of benzene rings is 3. The van der Waals surface area contributed by atoms with Gasteiger partial charge in [0.05, 0.1) is 18.9 Å². The first kappa shape index (κ1) is 26.0. The number of rotatable bonds is 9. The third-order valence-electron chi connectivity index (χ3n) is 5.04. The maximum Gasteiger partial charge on any atom is 0.344 e. The van der Waals surface area contributed by atoms with Gasteiger partial charge in [0.1, 0.15) is 5.75 Å². The fourth-order valence-corrected chi connectivity index (χ4v) is 3.67. The van der Waals surface area contributed by atoms with Crippen LogP contribution in [0.25, 0.3) is 0 Å². The fourth-order valence-electron chi connectivity index (χ4n) is 3.23. The third-order valence-corrected chi connectivity index (χ3v) is 5.73. The Bertz CT molecular complexity index is 1240. The molecule has 0 bridgehead atoms. The summed E-state index contributed by atoms with van der Waals surface area (Å²) in [7, 11) is 1.47. The Hall–Kier alpha value is -3.65. The van der Waals surface area contributed by atoms with Crippen molar-refractivity contribution in [2.24, 2.45) is 5.10 Å². The molecule has 0 spiro atoms. The van der Waals surface area contributed by atoms with Gasteiger partial charge in [0, 0.05) is 4.47 Å². The average molecular weight is 539 g/mol. The number of amides is 1. The monoisotopic (exact) mass is 538 g/mol. The van der Waals surface area contributed by atoms with Crippen molar-refractivity contribution in [1.82, 2.24) is 5.43 Å². The molecule has 0 aliphatic rings. The molecule has 182 valence electrons. The molecule has 0 aromatic heterocycles. The van der Waals surface area contributed by atoms with Crippen LogP contribution in [0.15, 0.2) is 70.2 Å². The van der Waals surface area contributed by atoms with Crippen LogP contribution in [0, 0.1) is 6.92 Å². The number of carbonyl (C=O) groups excluding carboxylic acids is 2. The molecule has 3 aromatic carbocycles. The number of methoxy groups -OCH3 is 1. The van der Waals surface area contributed by atoms with Crippen molar-refractivity contribution in [1.29, 1.82) is 0 Å². The SMILES string of the molecule is COc1cc(/C=N\NC(=O)COc2cc(C)ccc2C(C)C)ccc1OC(=O)c1ccccc1Br. The Balaban J connectivity index is 1.59. The molecule has 0 fully saturated rings. The molecule has 0 heterocycles.